The summed E-state index contributed by atoms with van der Waals surface area (Å²) in [6, 6.07) is 16.3. The minimum absolute atomic E-state index is 0.0615. The normalized spacial score (nSPS) is 17.7. The zero-order valence-corrected chi connectivity index (χ0v) is 19.0. The lowest BCUT2D eigenvalue weighted by atomic mass is 9.99. The van der Waals surface area contributed by atoms with Crippen LogP contribution in [0.3, 0.4) is 0 Å². The topological polar surface area (TPSA) is 61.4 Å². The van der Waals surface area contributed by atoms with Crippen molar-refractivity contribution in [2.24, 2.45) is 0 Å². The van der Waals surface area contributed by atoms with E-state index in [-0.39, 0.29) is 11.9 Å². The van der Waals surface area contributed by atoms with Crippen molar-refractivity contribution in [1.82, 2.24) is 9.97 Å². The molecule has 0 fully saturated rings. The van der Waals surface area contributed by atoms with Crippen molar-refractivity contribution in [2.45, 2.75) is 38.9 Å². The molecule has 0 bridgehead atoms. The van der Waals surface area contributed by atoms with Crippen LogP contribution < -0.4 is 15.1 Å². The Balaban J connectivity index is 1.55. The van der Waals surface area contributed by atoms with Crippen molar-refractivity contribution in [3.05, 3.63) is 76.0 Å². The fourth-order valence-electron chi connectivity index (χ4n) is 4.36. The molecule has 0 saturated carbocycles. The molecular weight excluding hydrogens is 454 g/mol. The molecule has 1 aromatic heterocycles. The Morgan fingerprint density at radius 3 is 2.65 bits per heavy atom. The Morgan fingerprint density at radius 1 is 1.10 bits per heavy atom. The highest BCUT2D eigenvalue weighted by Gasteiger charge is 2.36. The van der Waals surface area contributed by atoms with E-state index in [1.807, 2.05) is 36.1 Å². The minimum Gasteiger partial charge on any atom is -0.356 e. The first-order chi connectivity index (χ1) is 15.1. The summed E-state index contributed by atoms with van der Waals surface area (Å²) >= 11 is 3.49. The molecular formula is C24H24BrN5O. The summed E-state index contributed by atoms with van der Waals surface area (Å²) in [5, 5.41) is 3.34. The number of halogens is 1. The van der Waals surface area contributed by atoms with Crippen LogP contribution in [0.2, 0.25) is 0 Å². The number of nitrogens with zero attached hydrogens (tertiary/aromatic N) is 4. The lowest BCUT2D eigenvalue weighted by Crippen LogP contribution is -2.48. The van der Waals surface area contributed by atoms with Crippen LogP contribution in [0.1, 0.15) is 30.0 Å². The summed E-state index contributed by atoms with van der Waals surface area (Å²) in [5.74, 6) is 1.60. The predicted octanol–water partition coefficient (Wildman–Crippen LogP) is 4.54. The minimum atomic E-state index is -0.284. The predicted molar refractivity (Wildman–Crippen MR) is 126 cm³/mol. The van der Waals surface area contributed by atoms with Crippen molar-refractivity contribution in [2.75, 3.05) is 21.7 Å². The van der Waals surface area contributed by atoms with Crippen LogP contribution >= 0.6 is 15.9 Å². The van der Waals surface area contributed by atoms with Crippen molar-refractivity contribution in [3.8, 4) is 0 Å². The van der Waals surface area contributed by atoms with E-state index >= 15 is 0 Å². The van der Waals surface area contributed by atoms with Gasteiger partial charge in [0.2, 0.25) is 5.91 Å². The Bertz CT molecular complexity index is 1120. The number of anilines is 3. The molecule has 7 heteroatoms. The first-order valence-corrected chi connectivity index (χ1v) is 11.4. The van der Waals surface area contributed by atoms with Gasteiger partial charge in [-0.25, -0.2) is 9.97 Å². The molecule has 5 rings (SSSR count). The van der Waals surface area contributed by atoms with Crippen molar-refractivity contribution >= 4 is 39.2 Å². The Kier molecular flexibility index (Phi) is 5.36. The maximum atomic E-state index is 13.4. The number of hydrogen-bond donors (Lipinski definition) is 1. The Hall–Kier alpha value is -2.93. The zero-order chi connectivity index (χ0) is 21.4. The molecule has 0 radical (unpaired) electrons. The van der Waals surface area contributed by atoms with Crippen LogP contribution in [0.25, 0.3) is 0 Å². The van der Waals surface area contributed by atoms with Gasteiger partial charge in [0.25, 0.3) is 0 Å². The highest BCUT2D eigenvalue weighted by atomic mass is 79.9. The molecule has 3 aromatic rings. The highest BCUT2D eigenvalue weighted by Crippen LogP contribution is 2.40. The molecule has 1 amide bonds. The molecule has 1 atom stereocenters. The number of carbonyl (C=O) groups is 1. The molecule has 0 aliphatic carbocycles. The van der Waals surface area contributed by atoms with Crippen LogP contribution in [-0.4, -0.2) is 28.5 Å². The summed E-state index contributed by atoms with van der Waals surface area (Å²) in [4.78, 5) is 26.7. The van der Waals surface area contributed by atoms with Gasteiger partial charge in [-0.15, -0.1) is 0 Å². The third kappa shape index (κ3) is 3.78. The second-order valence-corrected chi connectivity index (χ2v) is 8.91. The third-order valence-corrected chi connectivity index (χ3v) is 6.57. The molecule has 2 aliphatic rings. The van der Waals surface area contributed by atoms with E-state index in [9.17, 15) is 4.79 Å². The number of nitrogens with one attached hydrogen (secondary N) is 1. The standard InChI is InChI=1S/C24H24BrN5O/c1-2-20-24(31)30(13-16-7-9-19(25)10-8-16)21-22(28-20)26-15-27-23(21)29-12-11-17-5-3-4-6-18(17)14-29/h3-10,15,20H,2,11-14H2,1H3,(H,26,27,28). The Labute approximate surface area is 190 Å². The van der Waals surface area contributed by atoms with E-state index < -0.39 is 0 Å². The largest absolute Gasteiger partial charge is 0.356 e. The van der Waals surface area contributed by atoms with E-state index in [1.165, 1.54) is 11.1 Å². The van der Waals surface area contributed by atoms with Gasteiger partial charge < -0.3 is 10.2 Å². The van der Waals surface area contributed by atoms with Gasteiger partial charge in [-0.3, -0.25) is 9.69 Å². The van der Waals surface area contributed by atoms with E-state index in [2.05, 4.69) is 60.4 Å². The van der Waals surface area contributed by atoms with Gasteiger partial charge in [-0.1, -0.05) is 59.3 Å². The van der Waals surface area contributed by atoms with Gasteiger partial charge >= 0.3 is 0 Å². The van der Waals surface area contributed by atoms with E-state index in [1.54, 1.807) is 6.33 Å². The summed E-state index contributed by atoms with van der Waals surface area (Å²) in [5.41, 5.74) is 4.54. The fraction of sp³-hybridized carbons (Fsp3) is 0.292. The maximum Gasteiger partial charge on any atom is 0.250 e. The molecule has 31 heavy (non-hydrogen) atoms. The average molecular weight is 478 g/mol. The van der Waals surface area contributed by atoms with Crippen LogP contribution in [0.15, 0.2) is 59.3 Å². The molecule has 6 nitrogen and oxygen atoms in total. The lowest BCUT2D eigenvalue weighted by molar-refractivity contribution is -0.119. The zero-order valence-electron chi connectivity index (χ0n) is 17.4. The molecule has 1 N–H and O–H groups in total. The SMILES string of the molecule is CCC1Nc2ncnc(N3CCc4ccccc4C3)c2N(Cc2ccc(Br)cc2)C1=O. The molecule has 0 spiro atoms. The summed E-state index contributed by atoms with van der Waals surface area (Å²) in [7, 11) is 0. The van der Waals surface area contributed by atoms with Crippen molar-refractivity contribution < 1.29 is 4.79 Å². The number of hydrogen-bond acceptors (Lipinski definition) is 5. The van der Waals surface area contributed by atoms with Gasteiger partial charge in [0.15, 0.2) is 11.6 Å². The van der Waals surface area contributed by atoms with Gasteiger partial charge in [0, 0.05) is 17.6 Å². The van der Waals surface area contributed by atoms with Crippen molar-refractivity contribution in [1.29, 1.82) is 0 Å². The molecule has 158 valence electrons. The number of aromatic nitrogens is 2. The van der Waals surface area contributed by atoms with E-state index in [0.29, 0.717) is 13.0 Å². The molecule has 3 heterocycles. The molecule has 2 aliphatic heterocycles. The van der Waals surface area contributed by atoms with Gasteiger partial charge in [0.05, 0.1) is 6.54 Å². The van der Waals surface area contributed by atoms with Crippen LogP contribution in [0.4, 0.5) is 17.3 Å². The van der Waals surface area contributed by atoms with Crippen molar-refractivity contribution in [3.63, 3.8) is 0 Å². The average Bonchev–Trinajstić information content (AvgIpc) is 2.81. The smallest absolute Gasteiger partial charge is 0.250 e. The van der Waals surface area contributed by atoms with Gasteiger partial charge in [0.1, 0.15) is 18.1 Å². The number of carbonyl (C=O) groups excluding carboxylic acids is 1. The first kappa shape index (κ1) is 20.0. The fourth-order valence-corrected chi connectivity index (χ4v) is 4.63. The number of amides is 1. The monoisotopic (exact) mass is 477 g/mol. The number of rotatable bonds is 4. The molecule has 2 aromatic carbocycles. The van der Waals surface area contributed by atoms with Crippen LogP contribution in [0.5, 0.6) is 0 Å². The Morgan fingerprint density at radius 2 is 1.87 bits per heavy atom. The van der Waals surface area contributed by atoms with Gasteiger partial charge in [-0.05, 0) is 41.7 Å². The van der Waals surface area contributed by atoms with E-state index in [4.69, 9.17) is 0 Å². The lowest BCUT2D eigenvalue weighted by Gasteiger charge is -2.38. The maximum absolute atomic E-state index is 13.4. The van der Waals surface area contributed by atoms with Crippen LogP contribution in [-0.2, 0) is 24.3 Å². The highest BCUT2D eigenvalue weighted by molar-refractivity contribution is 9.10. The number of benzene rings is 2. The summed E-state index contributed by atoms with van der Waals surface area (Å²) in [6.07, 6.45) is 3.26. The quantitative estimate of drug-likeness (QED) is 0.597. The van der Waals surface area contributed by atoms with Crippen LogP contribution in [0, 0.1) is 0 Å². The first-order valence-electron chi connectivity index (χ1n) is 10.6. The summed E-state index contributed by atoms with van der Waals surface area (Å²) in [6.45, 7) is 4.14. The second-order valence-electron chi connectivity index (χ2n) is 7.99. The van der Waals surface area contributed by atoms with E-state index in [0.717, 1.165) is 46.9 Å². The second kappa shape index (κ2) is 8.30. The summed E-state index contributed by atoms with van der Waals surface area (Å²) < 4.78 is 1.02. The number of fused-ring (bicyclic) bond motifs is 2. The molecule has 1 unspecified atom stereocenters. The van der Waals surface area contributed by atoms with Gasteiger partial charge in [-0.2, -0.15) is 0 Å². The third-order valence-electron chi connectivity index (χ3n) is 6.04. The molecule has 0 saturated heterocycles.